The zero-order valence-electron chi connectivity index (χ0n) is 19.7. The van der Waals surface area contributed by atoms with Crippen molar-refractivity contribution in [2.45, 2.75) is 32.0 Å². The van der Waals surface area contributed by atoms with Crippen molar-refractivity contribution in [2.75, 3.05) is 13.2 Å². The first-order chi connectivity index (χ1) is 17.3. The van der Waals surface area contributed by atoms with Crippen molar-refractivity contribution in [3.63, 3.8) is 0 Å². The van der Waals surface area contributed by atoms with Crippen molar-refractivity contribution < 1.29 is 27.8 Å². The number of alkyl halides is 3. The second-order valence-electron chi connectivity index (χ2n) is 8.55. The van der Waals surface area contributed by atoms with Crippen LogP contribution in [0.4, 0.5) is 13.2 Å². The lowest BCUT2D eigenvalue weighted by atomic mass is 9.99. The molecule has 3 aromatic carbocycles. The SMILES string of the molecule is CCCOc1ccc(-c2cccc(C(F)(F)F)c2)cc1C(=O)N[C@H](CO)Cc1c[nH]c2ccccc12. The van der Waals surface area contributed by atoms with Crippen LogP contribution in [0, 0.1) is 0 Å². The standard InChI is InChI=1S/C28H27F3N2O3/c1-2-12-36-26-11-10-19(18-6-5-7-21(13-18)28(29,30)31)15-24(26)27(35)33-22(17-34)14-20-16-32-25-9-4-3-8-23(20)25/h3-11,13,15-16,22,32,34H,2,12,14,17H2,1H3,(H,33,35)/t22-/m0/s1. The van der Waals surface area contributed by atoms with Crippen LogP contribution in [0.3, 0.4) is 0 Å². The number of para-hydroxylation sites is 1. The normalized spacial score (nSPS) is 12.5. The maximum atomic E-state index is 13.3. The second-order valence-corrected chi connectivity index (χ2v) is 8.55. The number of aromatic amines is 1. The second kappa shape index (κ2) is 10.9. The van der Waals surface area contributed by atoms with E-state index in [0.29, 0.717) is 29.9 Å². The first-order valence-electron chi connectivity index (χ1n) is 11.7. The van der Waals surface area contributed by atoms with Crippen LogP contribution in [0.1, 0.15) is 34.8 Å². The van der Waals surface area contributed by atoms with Crippen molar-refractivity contribution >= 4 is 16.8 Å². The van der Waals surface area contributed by atoms with E-state index in [1.54, 1.807) is 18.2 Å². The summed E-state index contributed by atoms with van der Waals surface area (Å²) in [6.07, 6.45) is -1.51. The maximum Gasteiger partial charge on any atom is 0.416 e. The Balaban J connectivity index is 1.62. The molecule has 0 aliphatic heterocycles. The average Bonchev–Trinajstić information content (AvgIpc) is 3.29. The van der Waals surface area contributed by atoms with Gasteiger partial charge in [0, 0.05) is 17.1 Å². The van der Waals surface area contributed by atoms with E-state index in [1.807, 2.05) is 37.4 Å². The van der Waals surface area contributed by atoms with Crippen LogP contribution in [0.15, 0.2) is 72.9 Å². The smallest absolute Gasteiger partial charge is 0.416 e. The summed E-state index contributed by atoms with van der Waals surface area (Å²) in [4.78, 5) is 16.5. The molecule has 8 heteroatoms. The van der Waals surface area contributed by atoms with Gasteiger partial charge < -0.3 is 20.1 Å². The van der Waals surface area contributed by atoms with Gasteiger partial charge in [-0.05, 0) is 59.9 Å². The van der Waals surface area contributed by atoms with Gasteiger partial charge in [-0.15, -0.1) is 0 Å². The Labute approximate surface area is 206 Å². The molecule has 0 saturated carbocycles. The molecule has 0 aliphatic carbocycles. The molecule has 1 aromatic heterocycles. The van der Waals surface area contributed by atoms with Crippen LogP contribution in [0.5, 0.6) is 5.75 Å². The molecule has 4 rings (SSSR count). The maximum absolute atomic E-state index is 13.3. The molecule has 0 unspecified atom stereocenters. The highest BCUT2D eigenvalue weighted by molar-refractivity contribution is 5.98. The number of rotatable bonds is 9. The van der Waals surface area contributed by atoms with E-state index >= 15 is 0 Å². The number of nitrogens with one attached hydrogen (secondary N) is 2. The predicted molar refractivity (Wildman–Crippen MR) is 133 cm³/mol. The number of ether oxygens (including phenoxy) is 1. The molecule has 4 aromatic rings. The Hall–Kier alpha value is -3.78. The lowest BCUT2D eigenvalue weighted by Crippen LogP contribution is -2.39. The number of carbonyl (C=O) groups is 1. The van der Waals surface area contributed by atoms with Gasteiger partial charge in [-0.3, -0.25) is 4.79 Å². The molecule has 188 valence electrons. The van der Waals surface area contributed by atoms with Crippen LogP contribution in [-0.2, 0) is 12.6 Å². The molecule has 1 amide bonds. The lowest BCUT2D eigenvalue weighted by molar-refractivity contribution is -0.137. The minimum Gasteiger partial charge on any atom is -0.493 e. The van der Waals surface area contributed by atoms with E-state index in [4.69, 9.17) is 4.74 Å². The third-order valence-corrected chi connectivity index (χ3v) is 5.91. The third-order valence-electron chi connectivity index (χ3n) is 5.91. The van der Waals surface area contributed by atoms with Gasteiger partial charge >= 0.3 is 6.18 Å². The summed E-state index contributed by atoms with van der Waals surface area (Å²) in [7, 11) is 0. The molecule has 3 N–H and O–H groups in total. The van der Waals surface area contributed by atoms with E-state index < -0.39 is 23.7 Å². The monoisotopic (exact) mass is 496 g/mol. The first kappa shape index (κ1) is 25.3. The van der Waals surface area contributed by atoms with Crippen LogP contribution in [-0.4, -0.2) is 35.3 Å². The van der Waals surface area contributed by atoms with E-state index in [1.165, 1.54) is 12.1 Å². The molecule has 0 bridgehead atoms. The first-order valence-corrected chi connectivity index (χ1v) is 11.7. The summed E-state index contributed by atoms with van der Waals surface area (Å²) in [5, 5.41) is 13.8. The molecule has 0 saturated heterocycles. The zero-order chi connectivity index (χ0) is 25.7. The number of hydrogen-bond acceptors (Lipinski definition) is 3. The molecule has 0 aliphatic rings. The van der Waals surface area contributed by atoms with E-state index in [9.17, 15) is 23.1 Å². The minimum absolute atomic E-state index is 0.190. The number of H-pyrrole nitrogens is 1. The molecule has 0 radical (unpaired) electrons. The molecular weight excluding hydrogens is 469 g/mol. The number of halogens is 3. The summed E-state index contributed by atoms with van der Waals surface area (Å²) in [5.41, 5.74) is 2.11. The average molecular weight is 497 g/mol. The Morgan fingerprint density at radius 2 is 1.83 bits per heavy atom. The molecule has 0 spiro atoms. The van der Waals surface area contributed by atoms with Crippen LogP contribution >= 0.6 is 0 Å². The van der Waals surface area contributed by atoms with Gasteiger partial charge in [-0.25, -0.2) is 0 Å². The fraction of sp³-hybridized carbons (Fsp3) is 0.250. The lowest BCUT2D eigenvalue weighted by Gasteiger charge is -2.18. The van der Waals surface area contributed by atoms with Gasteiger partial charge in [0.25, 0.3) is 5.91 Å². The highest BCUT2D eigenvalue weighted by atomic mass is 19.4. The van der Waals surface area contributed by atoms with Gasteiger partial charge in [0.05, 0.1) is 30.4 Å². The Bertz CT molecular complexity index is 1350. The van der Waals surface area contributed by atoms with Crippen LogP contribution in [0.25, 0.3) is 22.0 Å². The molecule has 0 fully saturated rings. The van der Waals surface area contributed by atoms with Crippen molar-refractivity contribution in [1.82, 2.24) is 10.3 Å². The van der Waals surface area contributed by atoms with Crippen molar-refractivity contribution in [3.8, 4) is 16.9 Å². The fourth-order valence-electron chi connectivity index (χ4n) is 4.09. The highest BCUT2D eigenvalue weighted by Gasteiger charge is 2.30. The summed E-state index contributed by atoms with van der Waals surface area (Å²) in [6, 6.07) is 16.9. The molecular formula is C28H27F3N2O3. The molecule has 36 heavy (non-hydrogen) atoms. The van der Waals surface area contributed by atoms with E-state index in [2.05, 4.69) is 10.3 Å². The largest absolute Gasteiger partial charge is 0.493 e. The quantitative estimate of drug-likeness (QED) is 0.267. The molecule has 1 atom stereocenters. The van der Waals surface area contributed by atoms with Crippen LogP contribution in [0.2, 0.25) is 0 Å². The van der Waals surface area contributed by atoms with Gasteiger partial charge in [0.2, 0.25) is 0 Å². The summed E-state index contributed by atoms with van der Waals surface area (Å²) in [6.45, 7) is 2.02. The number of aliphatic hydroxyl groups is 1. The number of fused-ring (bicyclic) bond motifs is 1. The van der Waals surface area contributed by atoms with Crippen LogP contribution < -0.4 is 10.1 Å². The van der Waals surface area contributed by atoms with E-state index in [0.717, 1.165) is 35.0 Å². The van der Waals surface area contributed by atoms with Gasteiger partial charge in [0.15, 0.2) is 0 Å². The topological polar surface area (TPSA) is 74.3 Å². The number of amides is 1. The van der Waals surface area contributed by atoms with Gasteiger partial charge in [0.1, 0.15) is 5.75 Å². The van der Waals surface area contributed by atoms with Crippen molar-refractivity contribution in [2.24, 2.45) is 0 Å². The van der Waals surface area contributed by atoms with E-state index in [-0.39, 0.29) is 12.2 Å². The number of carbonyl (C=O) groups excluding carboxylic acids is 1. The fourth-order valence-corrected chi connectivity index (χ4v) is 4.09. The molecule has 1 heterocycles. The zero-order valence-corrected chi connectivity index (χ0v) is 19.7. The summed E-state index contributed by atoms with van der Waals surface area (Å²) >= 11 is 0. The number of aliphatic hydroxyl groups excluding tert-OH is 1. The predicted octanol–water partition coefficient (Wildman–Crippen LogP) is 5.98. The Morgan fingerprint density at radius 3 is 2.58 bits per heavy atom. The third kappa shape index (κ3) is 5.71. The number of hydrogen-bond donors (Lipinski definition) is 3. The van der Waals surface area contributed by atoms with Gasteiger partial charge in [-0.2, -0.15) is 13.2 Å². The summed E-state index contributed by atoms with van der Waals surface area (Å²) < 4.78 is 45.4. The highest BCUT2D eigenvalue weighted by Crippen LogP contribution is 2.33. The Kier molecular flexibility index (Phi) is 7.64. The molecule has 5 nitrogen and oxygen atoms in total. The summed E-state index contributed by atoms with van der Waals surface area (Å²) in [5.74, 6) is -0.150. The number of benzene rings is 3. The van der Waals surface area contributed by atoms with Crippen molar-refractivity contribution in [1.29, 1.82) is 0 Å². The van der Waals surface area contributed by atoms with Crippen molar-refractivity contribution in [3.05, 3.63) is 89.6 Å². The van der Waals surface area contributed by atoms with Gasteiger partial charge in [-0.1, -0.05) is 43.3 Å². The minimum atomic E-state index is -4.48. The Morgan fingerprint density at radius 1 is 1.06 bits per heavy atom. The number of aromatic nitrogens is 1.